The van der Waals surface area contributed by atoms with Gasteiger partial charge in [0.25, 0.3) is 11.1 Å². The molecule has 2 aromatic carbocycles. The van der Waals surface area contributed by atoms with Gasteiger partial charge in [0.1, 0.15) is 11.4 Å². The van der Waals surface area contributed by atoms with E-state index in [1.54, 1.807) is 47.2 Å². The summed E-state index contributed by atoms with van der Waals surface area (Å²) in [6, 6.07) is 14.9. The Labute approximate surface area is 214 Å². The maximum atomic E-state index is 13.2. The number of aromatic nitrogens is 3. The lowest BCUT2D eigenvalue weighted by Crippen LogP contribution is -2.39. The van der Waals surface area contributed by atoms with Gasteiger partial charge in [0.05, 0.1) is 24.3 Å². The highest BCUT2D eigenvalue weighted by Crippen LogP contribution is 2.25. The second-order valence-electron chi connectivity index (χ2n) is 8.65. The lowest BCUT2D eigenvalue weighted by molar-refractivity contribution is -0.274. The molecule has 9 nitrogen and oxygen atoms in total. The number of alkyl halides is 3. The summed E-state index contributed by atoms with van der Waals surface area (Å²) < 4.78 is 49.6. The van der Waals surface area contributed by atoms with E-state index in [-0.39, 0.29) is 22.8 Å². The summed E-state index contributed by atoms with van der Waals surface area (Å²) in [7, 11) is 0. The predicted octanol–water partition coefficient (Wildman–Crippen LogP) is 3.52. The maximum Gasteiger partial charge on any atom is 0.573 e. The third kappa shape index (κ3) is 5.71. The fourth-order valence-corrected chi connectivity index (χ4v) is 4.26. The van der Waals surface area contributed by atoms with Crippen LogP contribution >= 0.6 is 0 Å². The Bertz CT molecular complexity index is 1540. The molecule has 3 heterocycles. The number of nitrogens with one attached hydrogen (secondary N) is 1. The zero-order valence-corrected chi connectivity index (χ0v) is 20.1. The summed E-state index contributed by atoms with van der Waals surface area (Å²) in [5.41, 5.74) is -0.217. The minimum atomic E-state index is -4.83. The second-order valence-corrected chi connectivity index (χ2v) is 8.65. The summed E-state index contributed by atoms with van der Waals surface area (Å²) in [6.45, 7) is 4.16. The summed E-state index contributed by atoms with van der Waals surface area (Å²) in [4.78, 5) is 28.6. The van der Waals surface area contributed by atoms with Crippen molar-refractivity contribution in [2.45, 2.75) is 12.9 Å². The zero-order chi connectivity index (χ0) is 26.7. The molecular formula is C26H24F3N5O4. The summed E-state index contributed by atoms with van der Waals surface area (Å²) >= 11 is 0. The fraction of sp³-hybridized carbons (Fsp3) is 0.269. The van der Waals surface area contributed by atoms with Crippen LogP contribution in [-0.4, -0.2) is 58.5 Å². The number of ether oxygens (including phenoxy) is 2. The van der Waals surface area contributed by atoms with Crippen molar-refractivity contribution >= 4 is 22.3 Å². The standard InChI is InChI=1S/C26H24F3N5O4/c27-26(28,29)38-19-9-7-18(8-10-19)34-24(35)21-5-2-1-4-20(21)23(31-34)30-22-6-3-11-33(25(22)36)13-12-32-14-16-37-17-15-32/h1-11H,12-17H2,(H,30,31). The Balaban J connectivity index is 1.47. The first-order valence-corrected chi connectivity index (χ1v) is 11.9. The van der Waals surface area contributed by atoms with Crippen LogP contribution in [0.15, 0.2) is 76.4 Å². The Morgan fingerprint density at radius 1 is 0.895 bits per heavy atom. The Kier molecular flexibility index (Phi) is 7.16. The van der Waals surface area contributed by atoms with Gasteiger partial charge in [-0.1, -0.05) is 18.2 Å². The molecule has 5 rings (SSSR count). The van der Waals surface area contributed by atoms with E-state index >= 15 is 0 Å². The number of anilines is 2. The number of rotatable bonds is 7. The number of fused-ring (bicyclic) bond motifs is 1. The van der Waals surface area contributed by atoms with E-state index in [1.807, 2.05) is 0 Å². The van der Waals surface area contributed by atoms with Crippen molar-refractivity contribution in [2.24, 2.45) is 0 Å². The molecule has 198 valence electrons. The molecule has 1 fully saturated rings. The van der Waals surface area contributed by atoms with Crippen LogP contribution in [-0.2, 0) is 11.3 Å². The maximum absolute atomic E-state index is 13.2. The van der Waals surface area contributed by atoms with Crippen LogP contribution in [0.3, 0.4) is 0 Å². The van der Waals surface area contributed by atoms with Crippen molar-refractivity contribution in [3.8, 4) is 11.4 Å². The van der Waals surface area contributed by atoms with Crippen LogP contribution in [0.5, 0.6) is 5.75 Å². The monoisotopic (exact) mass is 527 g/mol. The molecule has 0 aliphatic carbocycles. The molecule has 0 radical (unpaired) electrons. The largest absolute Gasteiger partial charge is 0.573 e. The number of benzene rings is 2. The fourth-order valence-electron chi connectivity index (χ4n) is 4.26. The second kappa shape index (κ2) is 10.7. The molecule has 1 saturated heterocycles. The smallest absolute Gasteiger partial charge is 0.406 e. The lowest BCUT2D eigenvalue weighted by Gasteiger charge is -2.26. The van der Waals surface area contributed by atoms with Gasteiger partial charge in [-0.3, -0.25) is 14.5 Å². The molecule has 38 heavy (non-hydrogen) atoms. The highest BCUT2D eigenvalue weighted by atomic mass is 19.4. The molecule has 0 unspecified atom stereocenters. The normalized spacial score (nSPS) is 14.5. The van der Waals surface area contributed by atoms with Gasteiger partial charge in [0.15, 0.2) is 5.82 Å². The molecule has 1 aliphatic rings. The van der Waals surface area contributed by atoms with Crippen molar-refractivity contribution in [3.63, 3.8) is 0 Å². The average molecular weight is 528 g/mol. The summed E-state index contributed by atoms with van der Waals surface area (Å²) in [5, 5.41) is 8.30. The van der Waals surface area contributed by atoms with Gasteiger partial charge in [0.2, 0.25) is 0 Å². The molecule has 0 bridgehead atoms. The van der Waals surface area contributed by atoms with Gasteiger partial charge in [-0.25, -0.2) is 0 Å². The van der Waals surface area contributed by atoms with Crippen LogP contribution in [0.2, 0.25) is 0 Å². The van der Waals surface area contributed by atoms with Gasteiger partial charge in [-0.2, -0.15) is 4.68 Å². The lowest BCUT2D eigenvalue weighted by atomic mass is 10.2. The first kappa shape index (κ1) is 25.5. The Morgan fingerprint density at radius 2 is 1.61 bits per heavy atom. The zero-order valence-electron chi connectivity index (χ0n) is 20.1. The summed E-state index contributed by atoms with van der Waals surface area (Å²) in [6.07, 6.45) is -3.12. The van der Waals surface area contributed by atoms with Crippen LogP contribution in [0, 0.1) is 0 Å². The van der Waals surface area contributed by atoms with Gasteiger partial charge in [0, 0.05) is 37.8 Å². The van der Waals surface area contributed by atoms with E-state index in [1.165, 1.54) is 12.1 Å². The number of hydrogen-bond donors (Lipinski definition) is 1. The molecule has 12 heteroatoms. The van der Waals surface area contributed by atoms with E-state index in [9.17, 15) is 22.8 Å². The van der Waals surface area contributed by atoms with E-state index in [2.05, 4.69) is 20.1 Å². The van der Waals surface area contributed by atoms with E-state index < -0.39 is 17.7 Å². The predicted molar refractivity (Wildman–Crippen MR) is 135 cm³/mol. The van der Waals surface area contributed by atoms with Gasteiger partial charge in [-0.15, -0.1) is 18.3 Å². The highest BCUT2D eigenvalue weighted by molar-refractivity contribution is 5.92. The molecule has 0 amide bonds. The minimum absolute atomic E-state index is 0.231. The first-order valence-electron chi connectivity index (χ1n) is 11.9. The number of morpholine rings is 1. The number of hydrogen-bond acceptors (Lipinski definition) is 7. The van der Waals surface area contributed by atoms with Crippen molar-refractivity contribution in [1.82, 2.24) is 19.2 Å². The van der Waals surface area contributed by atoms with E-state index in [0.717, 1.165) is 29.9 Å². The van der Waals surface area contributed by atoms with Gasteiger partial charge >= 0.3 is 6.36 Å². The molecule has 0 atom stereocenters. The molecule has 4 aromatic rings. The van der Waals surface area contributed by atoms with E-state index in [4.69, 9.17) is 4.74 Å². The van der Waals surface area contributed by atoms with Crippen LogP contribution in [0.1, 0.15) is 0 Å². The minimum Gasteiger partial charge on any atom is -0.406 e. The van der Waals surface area contributed by atoms with Crippen LogP contribution < -0.4 is 21.2 Å². The number of pyridine rings is 1. The van der Waals surface area contributed by atoms with Crippen molar-refractivity contribution in [1.29, 1.82) is 0 Å². The third-order valence-corrected chi connectivity index (χ3v) is 6.15. The van der Waals surface area contributed by atoms with Crippen LogP contribution in [0.4, 0.5) is 24.7 Å². The highest BCUT2D eigenvalue weighted by Gasteiger charge is 2.31. The van der Waals surface area contributed by atoms with Crippen LogP contribution in [0.25, 0.3) is 16.5 Å². The average Bonchev–Trinajstić information content (AvgIpc) is 2.91. The van der Waals surface area contributed by atoms with Crippen molar-refractivity contribution < 1.29 is 22.6 Å². The molecule has 1 N–H and O–H groups in total. The Morgan fingerprint density at radius 3 is 2.32 bits per heavy atom. The van der Waals surface area contributed by atoms with Gasteiger partial charge in [-0.05, 0) is 42.5 Å². The number of nitrogens with zero attached hydrogens (tertiary/aromatic N) is 4. The molecule has 1 aliphatic heterocycles. The topological polar surface area (TPSA) is 90.6 Å². The molecule has 0 saturated carbocycles. The summed E-state index contributed by atoms with van der Waals surface area (Å²) in [5.74, 6) is -0.172. The SMILES string of the molecule is O=c1c(Nc2nn(-c3ccc(OC(F)(F)F)cc3)c(=O)c3ccccc23)cccn1CCN1CCOCC1. The quantitative estimate of drug-likeness (QED) is 0.393. The van der Waals surface area contributed by atoms with E-state index in [0.29, 0.717) is 37.1 Å². The van der Waals surface area contributed by atoms with Gasteiger partial charge < -0.3 is 19.4 Å². The molecular weight excluding hydrogens is 503 g/mol. The van der Waals surface area contributed by atoms with Crippen molar-refractivity contribution in [2.75, 3.05) is 38.2 Å². The Hall–Kier alpha value is -4.16. The first-order chi connectivity index (χ1) is 18.3. The molecule has 2 aromatic heterocycles. The molecule has 0 spiro atoms. The third-order valence-electron chi connectivity index (χ3n) is 6.15. The van der Waals surface area contributed by atoms with Crippen molar-refractivity contribution in [3.05, 3.63) is 87.6 Å². The number of halogens is 3.